The van der Waals surface area contributed by atoms with E-state index in [9.17, 15) is 4.79 Å². The molecule has 0 amide bonds. The molecule has 0 spiro atoms. The lowest BCUT2D eigenvalue weighted by molar-refractivity contribution is -0.126. The van der Waals surface area contributed by atoms with Gasteiger partial charge in [0, 0.05) is 12.5 Å². The summed E-state index contributed by atoms with van der Waals surface area (Å²) >= 11 is 0. The second kappa shape index (κ2) is 4.92. The molecule has 1 heterocycles. The van der Waals surface area contributed by atoms with E-state index in [0.717, 1.165) is 25.4 Å². The van der Waals surface area contributed by atoms with Gasteiger partial charge in [-0.25, -0.2) is 0 Å². The number of hydrogen-bond acceptors (Lipinski definition) is 2. The van der Waals surface area contributed by atoms with Crippen LogP contribution in [0.2, 0.25) is 0 Å². The van der Waals surface area contributed by atoms with Crippen LogP contribution in [-0.2, 0) is 4.79 Å². The summed E-state index contributed by atoms with van der Waals surface area (Å²) < 4.78 is 0. The smallest absolute Gasteiger partial charge is 0.152 e. The average Bonchev–Trinajstić information content (AvgIpc) is 2.59. The first-order valence-corrected chi connectivity index (χ1v) is 5.87. The summed E-state index contributed by atoms with van der Waals surface area (Å²) in [5, 5.41) is 0. The van der Waals surface area contributed by atoms with Crippen LogP contribution in [0.25, 0.3) is 0 Å². The van der Waals surface area contributed by atoms with Crippen LogP contribution in [0.3, 0.4) is 0 Å². The molecule has 2 heteroatoms. The summed E-state index contributed by atoms with van der Waals surface area (Å²) in [6, 6.07) is 0.213. The van der Waals surface area contributed by atoms with Crippen LogP contribution in [0, 0.1) is 11.8 Å². The van der Waals surface area contributed by atoms with Gasteiger partial charge in [0.1, 0.15) is 0 Å². The van der Waals surface area contributed by atoms with Crippen LogP contribution in [0.4, 0.5) is 0 Å². The predicted molar refractivity (Wildman–Crippen MR) is 59.3 cm³/mol. The summed E-state index contributed by atoms with van der Waals surface area (Å²) in [4.78, 5) is 14.3. The first kappa shape index (κ1) is 11.7. The number of carbonyl (C=O) groups is 1. The van der Waals surface area contributed by atoms with E-state index in [1.54, 1.807) is 0 Å². The molecule has 2 nitrogen and oxygen atoms in total. The molecule has 0 aromatic heterocycles. The van der Waals surface area contributed by atoms with Gasteiger partial charge in [-0.05, 0) is 18.9 Å². The molecule has 1 fully saturated rings. The Morgan fingerprint density at radius 3 is 2.50 bits per heavy atom. The first-order chi connectivity index (χ1) is 6.60. The van der Waals surface area contributed by atoms with Crippen molar-refractivity contribution in [3.63, 3.8) is 0 Å². The molecule has 0 aromatic carbocycles. The van der Waals surface area contributed by atoms with Gasteiger partial charge in [0.05, 0.1) is 6.04 Å². The molecule has 82 valence electrons. The summed E-state index contributed by atoms with van der Waals surface area (Å²) in [5.41, 5.74) is 0. The number of Topliss-reactive ketones (excluding diaryl/α,β-unsaturated/α-hetero) is 1. The van der Waals surface area contributed by atoms with Gasteiger partial charge in [-0.3, -0.25) is 9.69 Å². The topological polar surface area (TPSA) is 20.3 Å². The Balaban J connectivity index is 2.63. The first-order valence-electron chi connectivity index (χ1n) is 5.87. The minimum absolute atomic E-state index is 0.185. The Bertz CT molecular complexity index is 200. The van der Waals surface area contributed by atoms with E-state index < -0.39 is 0 Å². The maximum absolute atomic E-state index is 11.9. The number of rotatable bonds is 4. The van der Waals surface area contributed by atoms with Gasteiger partial charge in [-0.1, -0.05) is 34.1 Å². The Hall–Kier alpha value is -0.370. The van der Waals surface area contributed by atoms with Gasteiger partial charge < -0.3 is 0 Å². The zero-order valence-corrected chi connectivity index (χ0v) is 9.92. The molecule has 2 atom stereocenters. The lowest BCUT2D eigenvalue weighted by Gasteiger charge is -2.22. The molecule has 0 aromatic rings. The molecule has 0 saturated carbocycles. The van der Waals surface area contributed by atoms with Crippen molar-refractivity contribution in [2.75, 3.05) is 13.1 Å². The molecule has 14 heavy (non-hydrogen) atoms. The van der Waals surface area contributed by atoms with Crippen LogP contribution in [0.1, 0.15) is 40.5 Å². The largest absolute Gasteiger partial charge is 0.298 e. The highest BCUT2D eigenvalue weighted by Crippen LogP contribution is 2.27. The number of likely N-dealkylation sites (tertiary alicyclic amines) is 1. The maximum Gasteiger partial charge on any atom is 0.152 e. The predicted octanol–water partition coefficient (Wildman–Crippen LogP) is 2.33. The zero-order valence-electron chi connectivity index (χ0n) is 9.92. The lowest BCUT2D eigenvalue weighted by Crippen LogP contribution is -2.38. The molecule has 0 aliphatic carbocycles. The van der Waals surface area contributed by atoms with Gasteiger partial charge in [-0.2, -0.15) is 0 Å². The number of ketones is 1. The Morgan fingerprint density at radius 1 is 1.43 bits per heavy atom. The molecule has 0 bridgehead atoms. The van der Waals surface area contributed by atoms with Gasteiger partial charge in [0.2, 0.25) is 0 Å². The van der Waals surface area contributed by atoms with Crippen molar-refractivity contribution >= 4 is 5.78 Å². The highest BCUT2D eigenvalue weighted by molar-refractivity contribution is 5.86. The van der Waals surface area contributed by atoms with Crippen molar-refractivity contribution in [2.24, 2.45) is 11.8 Å². The van der Waals surface area contributed by atoms with Crippen molar-refractivity contribution in [2.45, 2.75) is 46.6 Å². The van der Waals surface area contributed by atoms with E-state index in [-0.39, 0.29) is 12.0 Å². The quantitative estimate of drug-likeness (QED) is 0.689. The zero-order chi connectivity index (χ0) is 10.7. The summed E-state index contributed by atoms with van der Waals surface area (Å²) in [5.74, 6) is 1.36. The fourth-order valence-corrected chi connectivity index (χ4v) is 2.32. The summed E-state index contributed by atoms with van der Waals surface area (Å²) in [6.45, 7) is 10.5. The Morgan fingerprint density at radius 2 is 2.07 bits per heavy atom. The van der Waals surface area contributed by atoms with Crippen molar-refractivity contribution in [3.05, 3.63) is 0 Å². The van der Waals surface area contributed by atoms with Gasteiger partial charge in [-0.15, -0.1) is 0 Å². The Kier molecular flexibility index (Phi) is 4.11. The van der Waals surface area contributed by atoms with Gasteiger partial charge in [0.15, 0.2) is 5.78 Å². The van der Waals surface area contributed by atoms with Crippen LogP contribution in [-0.4, -0.2) is 29.8 Å². The minimum atomic E-state index is 0.185. The van der Waals surface area contributed by atoms with Crippen molar-refractivity contribution in [1.29, 1.82) is 0 Å². The van der Waals surface area contributed by atoms with Gasteiger partial charge >= 0.3 is 0 Å². The van der Waals surface area contributed by atoms with E-state index >= 15 is 0 Å². The standard InChI is InChI=1S/C12H23NO/c1-5-10-7-11(12(14)9(3)4)13(6-2)8-10/h9-11H,5-8H2,1-4H3/t10-,11+/m1/s1. The molecular formula is C12H23NO. The third-order valence-corrected chi connectivity index (χ3v) is 3.37. The third kappa shape index (κ3) is 2.35. The van der Waals surface area contributed by atoms with E-state index in [4.69, 9.17) is 0 Å². The highest BCUT2D eigenvalue weighted by atomic mass is 16.1. The van der Waals surface area contributed by atoms with Crippen LogP contribution in [0.5, 0.6) is 0 Å². The monoisotopic (exact) mass is 197 g/mol. The van der Waals surface area contributed by atoms with Crippen molar-refractivity contribution in [1.82, 2.24) is 4.90 Å². The SMILES string of the molecule is CC[C@@H]1C[C@@H](C(=O)C(C)C)N(CC)C1. The second-order valence-electron chi connectivity index (χ2n) is 4.67. The summed E-state index contributed by atoms with van der Waals surface area (Å²) in [7, 11) is 0. The van der Waals surface area contributed by atoms with Gasteiger partial charge in [0.25, 0.3) is 0 Å². The lowest BCUT2D eigenvalue weighted by atomic mass is 9.96. The molecule has 1 aliphatic heterocycles. The maximum atomic E-state index is 11.9. The van der Waals surface area contributed by atoms with Crippen LogP contribution < -0.4 is 0 Å². The summed E-state index contributed by atoms with van der Waals surface area (Å²) in [6.07, 6.45) is 2.29. The number of hydrogen-bond donors (Lipinski definition) is 0. The molecule has 1 aliphatic rings. The molecule has 0 radical (unpaired) electrons. The molecular weight excluding hydrogens is 174 g/mol. The second-order valence-corrected chi connectivity index (χ2v) is 4.67. The number of carbonyl (C=O) groups excluding carboxylic acids is 1. The van der Waals surface area contributed by atoms with E-state index in [2.05, 4.69) is 18.7 Å². The normalized spacial score (nSPS) is 28.6. The minimum Gasteiger partial charge on any atom is -0.298 e. The van der Waals surface area contributed by atoms with E-state index in [1.807, 2.05) is 13.8 Å². The van der Waals surface area contributed by atoms with Crippen molar-refractivity contribution in [3.8, 4) is 0 Å². The fourth-order valence-electron chi connectivity index (χ4n) is 2.32. The third-order valence-electron chi connectivity index (χ3n) is 3.37. The highest BCUT2D eigenvalue weighted by Gasteiger charge is 2.35. The van der Waals surface area contributed by atoms with Crippen LogP contribution in [0.15, 0.2) is 0 Å². The molecule has 0 unspecified atom stereocenters. The van der Waals surface area contributed by atoms with E-state index in [0.29, 0.717) is 5.78 Å². The number of likely N-dealkylation sites (N-methyl/N-ethyl adjacent to an activating group) is 1. The molecule has 1 rings (SSSR count). The van der Waals surface area contributed by atoms with E-state index in [1.165, 1.54) is 6.42 Å². The molecule has 1 saturated heterocycles. The van der Waals surface area contributed by atoms with Crippen molar-refractivity contribution < 1.29 is 4.79 Å². The Labute approximate surface area is 87.7 Å². The van der Waals surface area contributed by atoms with Crippen LogP contribution >= 0.6 is 0 Å². The number of nitrogens with zero attached hydrogens (tertiary/aromatic N) is 1. The fraction of sp³-hybridized carbons (Fsp3) is 0.917. The molecule has 0 N–H and O–H groups in total. The average molecular weight is 197 g/mol.